The maximum Gasteiger partial charge on any atom is 0.173 e. The standard InChI is InChI=1S/C42H70O2S3/c1-3-5-7-9-11-13-15-17-19-21-23-25-27-29-31-37(43)41-39(33-35-45-41)47-40-34-36-46-42(40)38(44)32-30-28-26-24-22-20-18-16-14-12-10-8-6-4-2/h33-36H,3-32H2,1-2H3. The zero-order valence-electron chi connectivity index (χ0n) is 30.6. The fraction of sp³-hybridized carbons (Fsp3) is 0.762. The van der Waals surface area contributed by atoms with E-state index in [-0.39, 0.29) is 11.6 Å². The third-order valence-corrected chi connectivity index (χ3v) is 12.8. The number of hydrogen-bond donors (Lipinski definition) is 0. The van der Waals surface area contributed by atoms with Crippen molar-refractivity contribution in [3.05, 3.63) is 32.6 Å². The molecule has 2 heterocycles. The van der Waals surface area contributed by atoms with E-state index >= 15 is 0 Å². The highest BCUT2D eigenvalue weighted by Crippen LogP contribution is 2.38. The van der Waals surface area contributed by atoms with Crippen LogP contribution < -0.4 is 0 Å². The summed E-state index contributed by atoms with van der Waals surface area (Å²) in [6.07, 6.45) is 38.5. The van der Waals surface area contributed by atoms with Gasteiger partial charge in [-0.15, -0.1) is 22.7 Å². The van der Waals surface area contributed by atoms with Gasteiger partial charge in [-0.3, -0.25) is 9.59 Å². The van der Waals surface area contributed by atoms with Crippen LogP contribution in [-0.2, 0) is 0 Å². The van der Waals surface area contributed by atoms with E-state index in [1.54, 1.807) is 34.4 Å². The molecule has 0 aromatic carbocycles. The molecule has 0 unspecified atom stereocenters. The lowest BCUT2D eigenvalue weighted by Gasteiger charge is -2.06. The number of Topliss-reactive ketones (excluding diaryl/α,β-unsaturated/α-hetero) is 2. The van der Waals surface area contributed by atoms with E-state index in [1.165, 1.54) is 154 Å². The van der Waals surface area contributed by atoms with Crippen LogP contribution in [-0.4, -0.2) is 11.6 Å². The van der Waals surface area contributed by atoms with Gasteiger partial charge in [-0.1, -0.05) is 193 Å². The van der Waals surface area contributed by atoms with Crippen molar-refractivity contribution in [1.82, 2.24) is 0 Å². The van der Waals surface area contributed by atoms with E-state index in [0.717, 1.165) is 45.2 Å². The Kier molecular flexibility index (Phi) is 26.9. The molecule has 0 aliphatic heterocycles. The van der Waals surface area contributed by atoms with Crippen LogP contribution in [0.1, 0.15) is 226 Å². The first-order valence-electron chi connectivity index (χ1n) is 20.1. The molecule has 2 aromatic heterocycles. The summed E-state index contributed by atoms with van der Waals surface area (Å²) in [7, 11) is 0. The van der Waals surface area contributed by atoms with Crippen LogP contribution in [0.2, 0.25) is 0 Å². The van der Waals surface area contributed by atoms with Gasteiger partial charge in [0.15, 0.2) is 11.6 Å². The molecule has 0 fully saturated rings. The summed E-state index contributed by atoms with van der Waals surface area (Å²) in [4.78, 5) is 30.0. The van der Waals surface area contributed by atoms with Gasteiger partial charge in [0.2, 0.25) is 0 Å². The van der Waals surface area contributed by atoms with Crippen LogP contribution in [0.5, 0.6) is 0 Å². The molecule has 0 radical (unpaired) electrons. The topological polar surface area (TPSA) is 34.1 Å². The van der Waals surface area contributed by atoms with Crippen molar-refractivity contribution in [2.24, 2.45) is 0 Å². The summed E-state index contributed by atoms with van der Waals surface area (Å²) in [6.45, 7) is 4.57. The Morgan fingerprint density at radius 3 is 0.957 bits per heavy atom. The van der Waals surface area contributed by atoms with E-state index in [2.05, 4.69) is 26.0 Å². The maximum absolute atomic E-state index is 13.1. The summed E-state index contributed by atoms with van der Waals surface area (Å²) < 4.78 is 0. The van der Waals surface area contributed by atoms with E-state index in [4.69, 9.17) is 0 Å². The molecule has 0 spiro atoms. The molecule has 0 bridgehead atoms. The highest BCUT2D eigenvalue weighted by atomic mass is 32.2. The Labute approximate surface area is 303 Å². The second-order valence-electron chi connectivity index (χ2n) is 13.9. The second kappa shape index (κ2) is 30.0. The number of carbonyl (C=O) groups excluding carboxylic acids is 2. The van der Waals surface area contributed by atoms with Crippen molar-refractivity contribution >= 4 is 46.0 Å². The van der Waals surface area contributed by atoms with Crippen LogP contribution in [0.25, 0.3) is 0 Å². The molecular formula is C42H70O2S3. The number of hydrogen-bond acceptors (Lipinski definition) is 5. The molecular weight excluding hydrogens is 633 g/mol. The minimum absolute atomic E-state index is 0.270. The third-order valence-electron chi connectivity index (χ3n) is 9.50. The van der Waals surface area contributed by atoms with E-state index < -0.39 is 0 Å². The van der Waals surface area contributed by atoms with Gasteiger partial charge in [0.25, 0.3) is 0 Å². The zero-order chi connectivity index (χ0) is 33.6. The van der Waals surface area contributed by atoms with Gasteiger partial charge in [-0.05, 0) is 35.7 Å². The molecule has 0 aliphatic rings. The molecule has 2 aromatic rings. The normalized spacial score (nSPS) is 11.4. The molecule has 47 heavy (non-hydrogen) atoms. The summed E-state index contributed by atoms with van der Waals surface area (Å²) >= 11 is 4.74. The molecule has 0 amide bonds. The summed E-state index contributed by atoms with van der Waals surface area (Å²) in [5.74, 6) is 0.541. The van der Waals surface area contributed by atoms with Gasteiger partial charge in [-0.25, -0.2) is 0 Å². The Hall–Kier alpha value is -0.910. The minimum atomic E-state index is 0.270. The Morgan fingerprint density at radius 1 is 0.426 bits per heavy atom. The monoisotopic (exact) mass is 702 g/mol. The van der Waals surface area contributed by atoms with Crippen molar-refractivity contribution in [2.45, 2.75) is 216 Å². The summed E-state index contributed by atoms with van der Waals surface area (Å²) in [5.41, 5.74) is 0. The molecule has 5 heteroatoms. The predicted molar refractivity (Wildman–Crippen MR) is 211 cm³/mol. The molecule has 0 saturated carbocycles. The average molecular weight is 703 g/mol. The van der Waals surface area contributed by atoms with Gasteiger partial charge in [-0.2, -0.15) is 0 Å². The molecule has 0 N–H and O–H groups in total. The van der Waals surface area contributed by atoms with Gasteiger partial charge < -0.3 is 0 Å². The largest absolute Gasteiger partial charge is 0.293 e. The van der Waals surface area contributed by atoms with Gasteiger partial charge in [0, 0.05) is 22.6 Å². The predicted octanol–water partition coefficient (Wildman–Crippen LogP) is 16.1. The third kappa shape index (κ3) is 21.0. The zero-order valence-corrected chi connectivity index (χ0v) is 33.0. The Balaban J connectivity index is 1.53. The quantitative estimate of drug-likeness (QED) is 0.0538. The van der Waals surface area contributed by atoms with Crippen LogP contribution in [0.4, 0.5) is 0 Å². The minimum Gasteiger partial charge on any atom is -0.293 e. The van der Waals surface area contributed by atoms with Gasteiger partial charge >= 0.3 is 0 Å². The fourth-order valence-electron chi connectivity index (χ4n) is 6.47. The number of thiophene rings is 2. The summed E-state index contributed by atoms with van der Waals surface area (Å²) in [5, 5.41) is 4.06. The molecule has 0 saturated heterocycles. The first-order chi connectivity index (χ1) is 23.2. The van der Waals surface area contributed by atoms with Gasteiger partial charge in [0.05, 0.1) is 9.75 Å². The summed E-state index contributed by atoms with van der Waals surface area (Å²) in [6, 6.07) is 4.13. The number of carbonyl (C=O) groups is 2. The molecule has 2 nitrogen and oxygen atoms in total. The van der Waals surface area contributed by atoms with E-state index in [9.17, 15) is 9.59 Å². The van der Waals surface area contributed by atoms with E-state index in [0.29, 0.717) is 12.8 Å². The molecule has 0 aliphatic carbocycles. The lowest BCUT2D eigenvalue weighted by molar-refractivity contribution is 0.0973. The molecule has 268 valence electrons. The average Bonchev–Trinajstić information content (AvgIpc) is 3.75. The fourth-order valence-corrected chi connectivity index (χ4v) is 9.62. The molecule has 2 rings (SSSR count). The van der Waals surface area contributed by atoms with E-state index in [1.807, 2.05) is 10.8 Å². The first kappa shape index (κ1) is 42.3. The molecule has 0 atom stereocenters. The van der Waals surface area contributed by atoms with Crippen LogP contribution in [0, 0.1) is 0 Å². The highest BCUT2D eigenvalue weighted by molar-refractivity contribution is 7.99. The van der Waals surface area contributed by atoms with Crippen molar-refractivity contribution in [1.29, 1.82) is 0 Å². The van der Waals surface area contributed by atoms with Crippen molar-refractivity contribution in [2.75, 3.05) is 0 Å². The van der Waals surface area contributed by atoms with Crippen molar-refractivity contribution < 1.29 is 9.59 Å². The van der Waals surface area contributed by atoms with Crippen molar-refractivity contribution in [3.63, 3.8) is 0 Å². The number of ketones is 2. The van der Waals surface area contributed by atoms with Crippen LogP contribution >= 0.6 is 34.4 Å². The Bertz CT molecular complexity index is 942. The van der Waals surface area contributed by atoms with Crippen LogP contribution in [0.3, 0.4) is 0 Å². The van der Waals surface area contributed by atoms with Crippen molar-refractivity contribution in [3.8, 4) is 0 Å². The Morgan fingerprint density at radius 2 is 0.681 bits per heavy atom. The lowest BCUT2D eigenvalue weighted by atomic mass is 10.0. The SMILES string of the molecule is CCCCCCCCCCCCCCCCC(=O)c1sccc1Sc1ccsc1C(=O)CCCCCCCCCCCCCCCC. The second-order valence-corrected chi connectivity index (χ2v) is 16.8. The lowest BCUT2D eigenvalue weighted by Crippen LogP contribution is -1.99. The maximum atomic E-state index is 13.1. The highest BCUT2D eigenvalue weighted by Gasteiger charge is 2.18. The number of rotatable bonds is 34. The first-order valence-corrected chi connectivity index (χ1v) is 22.6. The number of unbranched alkanes of at least 4 members (excludes halogenated alkanes) is 26. The van der Waals surface area contributed by atoms with Gasteiger partial charge in [0.1, 0.15) is 0 Å². The van der Waals surface area contributed by atoms with Crippen LogP contribution in [0.15, 0.2) is 32.7 Å². The smallest absolute Gasteiger partial charge is 0.173 e.